The first kappa shape index (κ1) is 14.8. The number of urea groups is 1. The molecule has 0 aromatic heterocycles. The van der Waals surface area contributed by atoms with Crippen LogP contribution in [0.25, 0.3) is 0 Å². The van der Waals surface area contributed by atoms with Gasteiger partial charge in [0.05, 0.1) is 13.1 Å². The minimum Gasteiger partial charge on any atom is -0.480 e. The van der Waals surface area contributed by atoms with E-state index in [2.05, 4.69) is 5.32 Å². The van der Waals surface area contributed by atoms with Gasteiger partial charge in [0.2, 0.25) is 0 Å². The first-order chi connectivity index (χ1) is 8.40. The van der Waals surface area contributed by atoms with E-state index in [4.69, 9.17) is 9.84 Å². The van der Waals surface area contributed by atoms with E-state index in [0.717, 1.165) is 12.8 Å². The highest BCUT2D eigenvalue weighted by Crippen LogP contribution is 2.24. The first-order valence-electron chi connectivity index (χ1n) is 6.31. The lowest BCUT2D eigenvalue weighted by Gasteiger charge is -2.47. The van der Waals surface area contributed by atoms with Gasteiger partial charge in [0.25, 0.3) is 0 Å². The minimum atomic E-state index is -0.990. The van der Waals surface area contributed by atoms with E-state index in [1.807, 2.05) is 20.8 Å². The van der Waals surface area contributed by atoms with Crippen molar-refractivity contribution in [1.82, 2.24) is 10.2 Å². The van der Waals surface area contributed by atoms with Gasteiger partial charge >= 0.3 is 12.0 Å². The third kappa shape index (κ3) is 3.87. The SMILES string of the molecule is CCC(CC)NC(=O)N1CC(C)(OCC(=O)O)C1. The lowest BCUT2D eigenvalue weighted by atomic mass is 9.97. The van der Waals surface area contributed by atoms with Crippen LogP contribution >= 0.6 is 0 Å². The maximum Gasteiger partial charge on any atom is 0.329 e. The van der Waals surface area contributed by atoms with Crippen molar-refractivity contribution in [2.45, 2.75) is 45.3 Å². The number of carbonyl (C=O) groups excluding carboxylic acids is 1. The van der Waals surface area contributed by atoms with Crippen LogP contribution in [-0.4, -0.2) is 53.3 Å². The van der Waals surface area contributed by atoms with E-state index >= 15 is 0 Å². The summed E-state index contributed by atoms with van der Waals surface area (Å²) in [5.74, 6) is -0.990. The molecule has 0 radical (unpaired) electrons. The topological polar surface area (TPSA) is 78.9 Å². The van der Waals surface area contributed by atoms with Gasteiger partial charge in [-0.3, -0.25) is 0 Å². The Morgan fingerprint density at radius 3 is 2.39 bits per heavy atom. The smallest absolute Gasteiger partial charge is 0.329 e. The second-order valence-corrected chi connectivity index (χ2v) is 4.95. The zero-order valence-corrected chi connectivity index (χ0v) is 11.2. The van der Waals surface area contributed by atoms with E-state index in [-0.39, 0.29) is 18.7 Å². The Labute approximate surface area is 107 Å². The molecular weight excluding hydrogens is 236 g/mol. The van der Waals surface area contributed by atoms with Gasteiger partial charge in [-0.2, -0.15) is 0 Å². The summed E-state index contributed by atoms with van der Waals surface area (Å²) in [7, 11) is 0. The Bertz CT molecular complexity index is 309. The average Bonchev–Trinajstić information content (AvgIpc) is 2.29. The van der Waals surface area contributed by atoms with Crippen LogP contribution in [-0.2, 0) is 9.53 Å². The Balaban J connectivity index is 2.32. The molecule has 0 unspecified atom stereocenters. The molecule has 0 aromatic carbocycles. The van der Waals surface area contributed by atoms with Gasteiger partial charge in [0.15, 0.2) is 0 Å². The lowest BCUT2D eigenvalue weighted by Crippen LogP contribution is -2.65. The maximum absolute atomic E-state index is 11.8. The zero-order chi connectivity index (χ0) is 13.8. The van der Waals surface area contributed by atoms with Crippen LogP contribution in [0.4, 0.5) is 4.79 Å². The Morgan fingerprint density at radius 2 is 1.94 bits per heavy atom. The van der Waals surface area contributed by atoms with Gasteiger partial charge < -0.3 is 20.1 Å². The third-order valence-corrected chi connectivity index (χ3v) is 3.20. The van der Waals surface area contributed by atoms with E-state index in [9.17, 15) is 9.59 Å². The Kier molecular flexibility index (Phi) is 4.95. The minimum absolute atomic E-state index is 0.0971. The van der Waals surface area contributed by atoms with Crippen LogP contribution in [0.3, 0.4) is 0 Å². The van der Waals surface area contributed by atoms with Gasteiger partial charge in [-0.1, -0.05) is 13.8 Å². The molecule has 6 nitrogen and oxygen atoms in total. The van der Waals surface area contributed by atoms with Gasteiger partial charge in [0, 0.05) is 6.04 Å². The summed E-state index contributed by atoms with van der Waals surface area (Å²) in [4.78, 5) is 23.9. The van der Waals surface area contributed by atoms with E-state index < -0.39 is 11.6 Å². The molecule has 1 heterocycles. The largest absolute Gasteiger partial charge is 0.480 e. The first-order valence-corrected chi connectivity index (χ1v) is 6.31. The van der Waals surface area contributed by atoms with Gasteiger partial charge in [-0.25, -0.2) is 9.59 Å². The molecule has 2 N–H and O–H groups in total. The van der Waals surface area contributed by atoms with Crippen LogP contribution in [0.1, 0.15) is 33.6 Å². The molecule has 0 bridgehead atoms. The molecule has 1 fully saturated rings. The highest BCUT2D eigenvalue weighted by Gasteiger charge is 2.42. The summed E-state index contributed by atoms with van der Waals surface area (Å²) in [6.45, 7) is 6.43. The van der Waals surface area contributed by atoms with Crippen molar-refractivity contribution in [2.75, 3.05) is 19.7 Å². The number of hydrogen-bond donors (Lipinski definition) is 2. The Morgan fingerprint density at radius 1 is 1.39 bits per heavy atom. The van der Waals surface area contributed by atoms with Crippen LogP contribution in [0.5, 0.6) is 0 Å². The van der Waals surface area contributed by atoms with Crippen molar-refractivity contribution in [3.63, 3.8) is 0 Å². The number of rotatable bonds is 6. The maximum atomic E-state index is 11.8. The molecule has 0 saturated carbocycles. The predicted octanol–water partition coefficient (Wildman–Crippen LogP) is 1.06. The van der Waals surface area contributed by atoms with Crippen molar-refractivity contribution < 1.29 is 19.4 Å². The molecule has 1 aliphatic heterocycles. The predicted molar refractivity (Wildman–Crippen MR) is 66.5 cm³/mol. The molecule has 18 heavy (non-hydrogen) atoms. The van der Waals surface area contributed by atoms with Crippen LogP contribution in [0, 0.1) is 0 Å². The number of likely N-dealkylation sites (tertiary alicyclic amines) is 1. The standard InChI is InChI=1S/C12H22N2O4/c1-4-9(5-2)13-11(17)14-7-12(3,8-14)18-6-10(15)16/h9H,4-8H2,1-3H3,(H,13,17)(H,15,16). The summed E-state index contributed by atoms with van der Waals surface area (Å²) < 4.78 is 5.24. The van der Waals surface area contributed by atoms with Crippen molar-refractivity contribution in [3.05, 3.63) is 0 Å². The monoisotopic (exact) mass is 258 g/mol. The number of carbonyl (C=O) groups is 2. The highest BCUT2D eigenvalue weighted by atomic mass is 16.5. The Hall–Kier alpha value is -1.30. The number of carboxylic acids is 1. The number of carboxylic acid groups (broad SMARTS) is 1. The summed E-state index contributed by atoms with van der Waals surface area (Å²) in [5.41, 5.74) is -0.524. The fourth-order valence-electron chi connectivity index (χ4n) is 1.99. The van der Waals surface area contributed by atoms with Gasteiger partial charge in [0.1, 0.15) is 12.2 Å². The molecule has 6 heteroatoms. The molecule has 1 rings (SSSR count). The lowest BCUT2D eigenvalue weighted by molar-refractivity contribution is -0.159. The second kappa shape index (κ2) is 6.04. The van der Waals surface area contributed by atoms with Crippen LogP contribution < -0.4 is 5.32 Å². The fourth-order valence-corrected chi connectivity index (χ4v) is 1.99. The van der Waals surface area contributed by atoms with Crippen molar-refractivity contribution >= 4 is 12.0 Å². The number of nitrogens with zero attached hydrogens (tertiary/aromatic N) is 1. The molecule has 0 atom stereocenters. The summed E-state index contributed by atoms with van der Waals surface area (Å²) in [6.07, 6.45) is 1.81. The molecular formula is C12H22N2O4. The number of aliphatic carboxylic acids is 1. The third-order valence-electron chi connectivity index (χ3n) is 3.20. The zero-order valence-electron chi connectivity index (χ0n) is 11.2. The summed E-state index contributed by atoms with van der Waals surface area (Å²) >= 11 is 0. The summed E-state index contributed by atoms with van der Waals surface area (Å²) in [6, 6.07) is 0.101. The molecule has 0 spiro atoms. The van der Waals surface area contributed by atoms with Crippen molar-refractivity contribution in [2.24, 2.45) is 0 Å². The van der Waals surface area contributed by atoms with Crippen LogP contribution in [0.15, 0.2) is 0 Å². The number of nitrogens with one attached hydrogen (secondary N) is 1. The normalized spacial score (nSPS) is 17.4. The number of ether oxygens (including phenoxy) is 1. The molecule has 0 aliphatic carbocycles. The van der Waals surface area contributed by atoms with Crippen LogP contribution in [0.2, 0.25) is 0 Å². The average molecular weight is 258 g/mol. The summed E-state index contributed by atoms with van der Waals surface area (Å²) in [5, 5.41) is 11.5. The van der Waals surface area contributed by atoms with E-state index in [1.165, 1.54) is 0 Å². The quantitative estimate of drug-likeness (QED) is 0.746. The van der Waals surface area contributed by atoms with E-state index in [1.54, 1.807) is 4.90 Å². The number of amides is 2. The van der Waals surface area contributed by atoms with Gasteiger partial charge in [-0.15, -0.1) is 0 Å². The molecule has 104 valence electrons. The van der Waals surface area contributed by atoms with E-state index in [0.29, 0.717) is 13.1 Å². The fraction of sp³-hybridized carbons (Fsp3) is 0.833. The van der Waals surface area contributed by atoms with Crippen molar-refractivity contribution in [1.29, 1.82) is 0 Å². The molecule has 1 saturated heterocycles. The molecule has 0 aromatic rings. The molecule has 1 aliphatic rings. The second-order valence-electron chi connectivity index (χ2n) is 4.95. The van der Waals surface area contributed by atoms with Crippen molar-refractivity contribution in [3.8, 4) is 0 Å². The highest BCUT2D eigenvalue weighted by molar-refractivity contribution is 5.76. The number of hydrogen-bond acceptors (Lipinski definition) is 3. The van der Waals surface area contributed by atoms with Gasteiger partial charge in [-0.05, 0) is 19.8 Å². The molecule has 2 amide bonds.